The Kier molecular flexibility index (Phi) is 5.70. The van der Waals surface area contributed by atoms with Gasteiger partial charge in [0, 0.05) is 23.5 Å². The minimum absolute atomic E-state index is 0.278. The zero-order valence-corrected chi connectivity index (χ0v) is 10.7. The Labute approximate surface area is 115 Å². The number of aliphatic carboxylic acids is 2. The third-order valence-electron chi connectivity index (χ3n) is 2.61. The number of hydrogen-bond donors (Lipinski definition) is 5. The van der Waals surface area contributed by atoms with E-state index in [9.17, 15) is 9.59 Å². The second-order valence-corrected chi connectivity index (χ2v) is 4.11. The van der Waals surface area contributed by atoms with Gasteiger partial charge in [-0.15, -0.1) is 0 Å². The Morgan fingerprint density at radius 3 is 2.40 bits per heavy atom. The van der Waals surface area contributed by atoms with Crippen molar-refractivity contribution < 1.29 is 19.8 Å². The third kappa shape index (κ3) is 4.38. The number of aromatic amines is 1. The van der Waals surface area contributed by atoms with Crippen molar-refractivity contribution >= 4 is 22.8 Å². The van der Waals surface area contributed by atoms with E-state index in [1.807, 2.05) is 30.5 Å². The molecule has 2 aromatic rings. The van der Waals surface area contributed by atoms with E-state index in [2.05, 4.69) is 10.7 Å². The fraction of sp³-hybridized carbons (Fsp3) is 0.231. The molecule has 7 heteroatoms. The van der Waals surface area contributed by atoms with Gasteiger partial charge in [-0.05, 0) is 11.6 Å². The van der Waals surface area contributed by atoms with Crippen molar-refractivity contribution in [3.63, 3.8) is 0 Å². The van der Waals surface area contributed by atoms with Gasteiger partial charge in [0.25, 0.3) is 0 Å². The summed E-state index contributed by atoms with van der Waals surface area (Å²) in [6.07, 6.45) is 2.16. The Hall–Kier alpha value is -2.38. The zero-order chi connectivity index (χ0) is 15.1. The van der Waals surface area contributed by atoms with Gasteiger partial charge in [-0.2, -0.15) is 0 Å². The largest absolute Gasteiger partial charge is 0.480 e. The Morgan fingerprint density at radius 2 is 1.85 bits per heavy atom. The van der Waals surface area contributed by atoms with E-state index in [-0.39, 0.29) is 6.54 Å². The first-order valence-electron chi connectivity index (χ1n) is 5.91. The summed E-state index contributed by atoms with van der Waals surface area (Å²) in [5.41, 5.74) is 12.0. The molecule has 0 aliphatic heterocycles. The van der Waals surface area contributed by atoms with Crippen molar-refractivity contribution in [1.29, 1.82) is 0 Å². The quantitative estimate of drug-likeness (QED) is 0.539. The molecule has 0 radical (unpaired) electrons. The van der Waals surface area contributed by atoms with E-state index in [1.165, 1.54) is 0 Å². The first kappa shape index (κ1) is 15.7. The summed E-state index contributed by atoms with van der Waals surface area (Å²) in [5, 5.41) is 17.4. The normalized spacial score (nSPS) is 11.5. The molecule has 0 fully saturated rings. The van der Waals surface area contributed by atoms with Crippen molar-refractivity contribution in [3.8, 4) is 0 Å². The maximum Gasteiger partial charge on any atom is 0.320 e. The van der Waals surface area contributed by atoms with Crippen LogP contribution in [0.25, 0.3) is 10.9 Å². The van der Waals surface area contributed by atoms with Gasteiger partial charge in [-0.25, -0.2) is 0 Å². The van der Waals surface area contributed by atoms with Crippen LogP contribution in [0, 0.1) is 0 Å². The monoisotopic (exact) mass is 279 g/mol. The van der Waals surface area contributed by atoms with Crippen LogP contribution in [0.2, 0.25) is 0 Å². The van der Waals surface area contributed by atoms with E-state index >= 15 is 0 Å². The summed E-state index contributed by atoms with van der Waals surface area (Å²) < 4.78 is 0. The zero-order valence-electron chi connectivity index (χ0n) is 10.7. The molecule has 1 atom stereocenters. The van der Waals surface area contributed by atoms with Crippen LogP contribution < -0.4 is 11.5 Å². The summed E-state index contributed by atoms with van der Waals surface area (Å²) in [4.78, 5) is 23.0. The number of fused-ring (bicyclic) bond motifs is 1. The summed E-state index contributed by atoms with van der Waals surface area (Å²) >= 11 is 0. The van der Waals surface area contributed by atoms with Crippen molar-refractivity contribution in [3.05, 3.63) is 36.0 Å². The Bertz CT molecular complexity index is 594. The van der Waals surface area contributed by atoms with E-state index in [4.69, 9.17) is 15.9 Å². The number of para-hydroxylation sites is 1. The average molecular weight is 279 g/mol. The number of hydrogen-bond acceptors (Lipinski definition) is 4. The third-order valence-corrected chi connectivity index (χ3v) is 2.61. The fourth-order valence-corrected chi connectivity index (χ4v) is 1.62. The highest BCUT2D eigenvalue weighted by Crippen LogP contribution is 2.18. The molecule has 20 heavy (non-hydrogen) atoms. The SMILES string of the molecule is NC(Cc1c[nH]c2ccccc12)C(=O)O.NCC(=O)O. The predicted octanol–water partition coefficient (Wildman–Crippen LogP) is 0.152. The molecule has 0 saturated carbocycles. The van der Waals surface area contributed by atoms with Crippen LogP contribution >= 0.6 is 0 Å². The van der Waals surface area contributed by atoms with Crippen molar-refractivity contribution in [2.75, 3.05) is 6.54 Å². The highest BCUT2D eigenvalue weighted by molar-refractivity contribution is 5.84. The average Bonchev–Trinajstić information content (AvgIpc) is 2.83. The van der Waals surface area contributed by atoms with Gasteiger partial charge in [-0.1, -0.05) is 18.2 Å². The van der Waals surface area contributed by atoms with E-state index < -0.39 is 18.0 Å². The first-order chi connectivity index (χ1) is 9.45. The molecular formula is C13H17N3O4. The molecule has 7 N–H and O–H groups in total. The van der Waals surface area contributed by atoms with Gasteiger partial charge >= 0.3 is 11.9 Å². The lowest BCUT2D eigenvalue weighted by Crippen LogP contribution is -2.32. The topological polar surface area (TPSA) is 142 Å². The molecule has 7 nitrogen and oxygen atoms in total. The molecular weight excluding hydrogens is 262 g/mol. The number of H-pyrrole nitrogens is 1. The van der Waals surface area contributed by atoms with E-state index in [0.29, 0.717) is 6.42 Å². The van der Waals surface area contributed by atoms with Gasteiger partial charge in [0.2, 0.25) is 0 Å². The smallest absolute Gasteiger partial charge is 0.320 e. The van der Waals surface area contributed by atoms with E-state index in [1.54, 1.807) is 0 Å². The van der Waals surface area contributed by atoms with Gasteiger partial charge in [0.1, 0.15) is 6.04 Å². The second kappa shape index (κ2) is 7.27. The molecule has 108 valence electrons. The van der Waals surface area contributed by atoms with Gasteiger partial charge < -0.3 is 26.7 Å². The number of rotatable bonds is 4. The van der Waals surface area contributed by atoms with Crippen molar-refractivity contribution in [1.82, 2.24) is 4.98 Å². The van der Waals surface area contributed by atoms with Crippen LogP contribution in [0.5, 0.6) is 0 Å². The van der Waals surface area contributed by atoms with Crippen LogP contribution in [0.15, 0.2) is 30.5 Å². The number of benzene rings is 1. The minimum Gasteiger partial charge on any atom is -0.480 e. The summed E-state index contributed by atoms with van der Waals surface area (Å²) in [7, 11) is 0. The molecule has 1 unspecified atom stereocenters. The van der Waals surface area contributed by atoms with Gasteiger partial charge in [-0.3, -0.25) is 9.59 Å². The Morgan fingerprint density at radius 1 is 1.25 bits per heavy atom. The lowest BCUT2D eigenvalue weighted by Gasteiger charge is -2.04. The minimum atomic E-state index is -0.972. The Balaban J connectivity index is 0.000000347. The van der Waals surface area contributed by atoms with Crippen molar-refractivity contribution in [2.24, 2.45) is 11.5 Å². The number of nitrogens with one attached hydrogen (secondary N) is 1. The molecule has 0 bridgehead atoms. The standard InChI is InChI=1S/C11H12N2O2.C2H5NO2/c12-9(11(14)15)5-7-6-13-10-4-2-1-3-8(7)10;3-1-2(4)5/h1-4,6,9,13H,5,12H2,(H,14,15);1,3H2,(H,4,5). The fourth-order valence-electron chi connectivity index (χ4n) is 1.62. The van der Waals surface area contributed by atoms with Crippen LogP contribution in [-0.2, 0) is 16.0 Å². The predicted molar refractivity (Wildman–Crippen MR) is 74.3 cm³/mol. The molecule has 1 aromatic heterocycles. The highest BCUT2D eigenvalue weighted by atomic mass is 16.4. The van der Waals surface area contributed by atoms with Crippen LogP contribution in [0.3, 0.4) is 0 Å². The first-order valence-corrected chi connectivity index (χ1v) is 5.91. The number of aromatic nitrogens is 1. The van der Waals surface area contributed by atoms with Crippen LogP contribution in [-0.4, -0.2) is 39.7 Å². The molecule has 0 aliphatic carbocycles. The number of nitrogens with two attached hydrogens (primary N) is 2. The molecule has 1 aromatic carbocycles. The molecule has 0 spiro atoms. The maximum absolute atomic E-state index is 10.6. The van der Waals surface area contributed by atoms with Crippen molar-refractivity contribution in [2.45, 2.75) is 12.5 Å². The molecule has 0 saturated heterocycles. The molecule has 0 aliphatic rings. The summed E-state index contributed by atoms with van der Waals surface area (Å²) in [6.45, 7) is -0.278. The highest BCUT2D eigenvalue weighted by Gasteiger charge is 2.14. The van der Waals surface area contributed by atoms with Crippen LogP contribution in [0.4, 0.5) is 0 Å². The number of carbonyl (C=O) groups is 2. The summed E-state index contributed by atoms with van der Waals surface area (Å²) in [6, 6.07) is 6.91. The summed E-state index contributed by atoms with van der Waals surface area (Å²) in [5.74, 6) is -1.94. The number of carboxylic acids is 2. The second-order valence-electron chi connectivity index (χ2n) is 4.11. The molecule has 1 heterocycles. The van der Waals surface area contributed by atoms with Gasteiger partial charge in [0.15, 0.2) is 0 Å². The van der Waals surface area contributed by atoms with Crippen LogP contribution in [0.1, 0.15) is 5.56 Å². The van der Waals surface area contributed by atoms with Gasteiger partial charge in [0.05, 0.1) is 6.54 Å². The van der Waals surface area contributed by atoms with E-state index in [0.717, 1.165) is 16.5 Å². The lowest BCUT2D eigenvalue weighted by atomic mass is 10.1. The molecule has 0 amide bonds. The maximum atomic E-state index is 10.6. The lowest BCUT2D eigenvalue weighted by molar-refractivity contribution is -0.138. The number of carboxylic acid groups (broad SMARTS) is 2. The molecule has 2 rings (SSSR count).